The maximum atomic E-state index is 13.0. The number of likely N-dealkylation sites (tertiary alicyclic amines) is 1. The number of nitrogens with zero attached hydrogens (tertiary/aromatic N) is 2. The van der Waals surface area contributed by atoms with Crippen LogP contribution < -0.4 is 9.47 Å². The Balaban J connectivity index is 1.63. The van der Waals surface area contributed by atoms with Crippen LogP contribution in [0.15, 0.2) is 12.3 Å². The molecule has 7 nitrogen and oxygen atoms in total. The van der Waals surface area contributed by atoms with Gasteiger partial charge in [0.1, 0.15) is 12.4 Å². The average molecular weight is 458 g/mol. The molecule has 0 unspecified atom stereocenters. The number of pyridine rings is 1. The molecule has 0 aromatic carbocycles. The van der Waals surface area contributed by atoms with Gasteiger partial charge in [-0.1, -0.05) is 0 Å². The lowest BCUT2D eigenvalue weighted by atomic mass is 9.81. The van der Waals surface area contributed by atoms with E-state index in [4.69, 9.17) is 14.2 Å². The summed E-state index contributed by atoms with van der Waals surface area (Å²) in [5, 5.41) is 0. The van der Waals surface area contributed by atoms with E-state index < -0.39 is 18.1 Å². The van der Waals surface area contributed by atoms with Gasteiger partial charge >= 0.3 is 12.1 Å². The van der Waals surface area contributed by atoms with E-state index >= 15 is 0 Å². The summed E-state index contributed by atoms with van der Waals surface area (Å²) in [6, 6.07) is 1.32. The van der Waals surface area contributed by atoms with Gasteiger partial charge in [0.15, 0.2) is 11.4 Å². The Morgan fingerprint density at radius 3 is 2.53 bits per heavy atom. The lowest BCUT2D eigenvalue weighted by Gasteiger charge is -2.33. The number of carbonyl (C=O) groups excluding carboxylic acids is 2. The molecule has 1 saturated carbocycles. The molecule has 10 heteroatoms. The number of alkyl halides is 3. The van der Waals surface area contributed by atoms with Crippen LogP contribution in [0.2, 0.25) is 0 Å². The number of carbonyl (C=O) groups is 2. The van der Waals surface area contributed by atoms with Crippen molar-refractivity contribution >= 4 is 11.9 Å². The van der Waals surface area contributed by atoms with Gasteiger partial charge in [-0.3, -0.25) is 4.79 Å². The van der Waals surface area contributed by atoms with Crippen molar-refractivity contribution in [2.75, 3.05) is 26.9 Å². The van der Waals surface area contributed by atoms with Crippen molar-refractivity contribution in [3.05, 3.63) is 18.0 Å². The van der Waals surface area contributed by atoms with E-state index in [1.807, 2.05) is 0 Å². The second-order valence-electron chi connectivity index (χ2n) is 8.17. The van der Waals surface area contributed by atoms with Crippen LogP contribution in [-0.4, -0.2) is 60.8 Å². The van der Waals surface area contributed by atoms with E-state index in [0.29, 0.717) is 12.3 Å². The largest absolute Gasteiger partial charge is 0.495 e. The molecule has 1 aliphatic carbocycles. The van der Waals surface area contributed by atoms with Crippen LogP contribution in [0, 0.1) is 11.8 Å². The van der Waals surface area contributed by atoms with E-state index in [0.717, 1.165) is 12.8 Å². The summed E-state index contributed by atoms with van der Waals surface area (Å²) in [7, 11) is 1.47. The van der Waals surface area contributed by atoms with Gasteiger partial charge in [0, 0.05) is 18.5 Å². The molecule has 1 atom stereocenters. The van der Waals surface area contributed by atoms with Crippen molar-refractivity contribution in [1.82, 2.24) is 9.88 Å². The van der Waals surface area contributed by atoms with E-state index in [-0.39, 0.29) is 68.2 Å². The van der Waals surface area contributed by atoms with Crippen molar-refractivity contribution < 1.29 is 37.0 Å². The Labute approximate surface area is 185 Å². The molecule has 1 saturated heterocycles. The minimum atomic E-state index is -4.19. The highest BCUT2D eigenvalue weighted by molar-refractivity contribution is 5.90. The molecule has 0 bridgehead atoms. The number of aromatic nitrogens is 1. The van der Waals surface area contributed by atoms with Crippen molar-refractivity contribution in [3.63, 3.8) is 0 Å². The summed E-state index contributed by atoms with van der Waals surface area (Å²) in [6.45, 7) is 2.57. The highest BCUT2D eigenvalue weighted by Crippen LogP contribution is 2.40. The van der Waals surface area contributed by atoms with E-state index in [1.54, 1.807) is 17.9 Å². The van der Waals surface area contributed by atoms with E-state index in [9.17, 15) is 22.8 Å². The van der Waals surface area contributed by atoms with Crippen LogP contribution in [0.1, 0.15) is 55.9 Å². The highest BCUT2D eigenvalue weighted by Gasteiger charge is 2.44. The zero-order valence-corrected chi connectivity index (χ0v) is 18.3. The van der Waals surface area contributed by atoms with Gasteiger partial charge < -0.3 is 19.1 Å². The monoisotopic (exact) mass is 458 g/mol. The standard InChI is InChI=1S/C22H29F3N2O5/c1-3-31-21(29)19-18(11-17(30-2)12-26-19)32-13-16-5-4-10-27(16)20(28)14-6-8-15(9-7-14)22(23,24)25/h11-12,14-16H,3-10,13H2,1-2H3/t14?,15?,16-/m1/s1. The van der Waals surface area contributed by atoms with Gasteiger partial charge in [-0.25, -0.2) is 9.78 Å². The molecule has 0 N–H and O–H groups in total. The lowest BCUT2D eigenvalue weighted by molar-refractivity contribution is -0.185. The molecule has 2 aliphatic rings. The normalized spacial score (nSPS) is 23.7. The number of methoxy groups -OCH3 is 1. The second-order valence-corrected chi connectivity index (χ2v) is 8.17. The highest BCUT2D eigenvalue weighted by atomic mass is 19.4. The summed E-state index contributed by atoms with van der Waals surface area (Å²) in [5.41, 5.74) is 0.0222. The van der Waals surface area contributed by atoms with Crippen molar-refractivity contribution in [2.45, 2.75) is 57.7 Å². The fourth-order valence-electron chi connectivity index (χ4n) is 4.39. The molecule has 0 radical (unpaired) electrons. The van der Waals surface area contributed by atoms with Crippen molar-refractivity contribution in [1.29, 1.82) is 0 Å². The zero-order chi connectivity index (χ0) is 23.3. The number of rotatable bonds is 7. The molecule has 178 valence electrons. The van der Waals surface area contributed by atoms with Crippen LogP contribution in [-0.2, 0) is 9.53 Å². The minimum Gasteiger partial charge on any atom is -0.495 e. The predicted molar refractivity (Wildman–Crippen MR) is 108 cm³/mol. The van der Waals surface area contributed by atoms with Gasteiger partial charge in [-0.15, -0.1) is 0 Å². The molecule has 1 amide bonds. The summed E-state index contributed by atoms with van der Waals surface area (Å²) < 4.78 is 54.8. The number of ether oxygens (including phenoxy) is 3. The molecule has 2 fully saturated rings. The first-order chi connectivity index (χ1) is 15.2. The van der Waals surface area contributed by atoms with Gasteiger partial charge in [0.25, 0.3) is 0 Å². The van der Waals surface area contributed by atoms with Crippen molar-refractivity contribution in [2.24, 2.45) is 11.8 Å². The number of esters is 1. The Morgan fingerprint density at radius 1 is 1.19 bits per heavy atom. The topological polar surface area (TPSA) is 78.0 Å². The maximum Gasteiger partial charge on any atom is 0.391 e. The first-order valence-corrected chi connectivity index (χ1v) is 11.0. The third kappa shape index (κ3) is 5.63. The number of amides is 1. The summed E-state index contributed by atoms with van der Waals surface area (Å²) in [5.74, 6) is -1.81. The Kier molecular flexibility index (Phi) is 7.84. The first kappa shape index (κ1) is 24.1. The zero-order valence-electron chi connectivity index (χ0n) is 18.3. The lowest BCUT2D eigenvalue weighted by Crippen LogP contribution is -2.44. The molecule has 1 aromatic heterocycles. The van der Waals surface area contributed by atoms with E-state index in [2.05, 4.69) is 4.98 Å². The molecule has 32 heavy (non-hydrogen) atoms. The fourth-order valence-corrected chi connectivity index (χ4v) is 4.39. The third-order valence-corrected chi connectivity index (χ3v) is 6.16. The average Bonchev–Trinajstić information content (AvgIpc) is 3.25. The van der Waals surface area contributed by atoms with Crippen molar-refractivity contribution in [3.8, 4) is 11.5 Å². The minimum absolute atomic E-state index is 0.00665. The fraction of sp³-hybridized carbons (Fsp3) is 0.682. The second kappa shape index (κ2) is 10.4. The van der Waals surface area contributed by atoms with Gasteiger partial charge in [0.2, 0.25) is 5.91 Å². The molecule has 2 heterocycles. The maximum absolute atomic E-state index is 13.0. The van der Waals surface area contributed by atoms with Gasteiger partial charge in [-0.2, -0.15) is 13.2 Å². The smallest absolute Gasteiger partial charge is 0.391 e. The van der Waals surface area contributed by atoms with Crippen LogP contribution in [0.25, 0.3) is 0 Å². The van der Waals surface area contributed by atoms with Gasteiger partial charge in [-0.05, 0) is 45.4 Å². The third-order valence-electron chi connectivity index (χ3n) is 6.16. The number of hydrogen-bond donors (Lipinski definition) is 0. The van der Waals surface area contributed by atoms with Crippen LogP contribution >= 0.6 is 0 Å². The SMILES string of the molecule is CCOC(=O)c1ncc(OC)cc1OC[C@H]1CCCN1C(=O)C1CCC(C(F)(F)F)CC1. The summed E-state index contributed by atoms with van der Waals surface area (Å²) in [6.07, 6.45) is -0.809. The quantitative estimate of drug-likeness (QED) is 0.575. The molecule has 0 spiro atoms. The first-order valence-electron chi connectivity index (χ1n) is 11.0. The van der Waals surface area contributed by atoms with Crippen LogP contribution in [0.5, 0.6) is 11.5 Å². The number of halogens is 3. The van der Waals surface area contributed by atoms with Crippen LogP contribution in [0.3, 0.4) is 0 Å². The Bertz CT molecular complexity index is 809. The molecule has 3 rings (SSSR count). The molecule has 1 aliphatic heterocycles. The molecule has 1 aromatic rings. The summed E-state index contributed by atoms with van der Waals surface area (Å²) >= 11 is 0. The van der Waals surface area contributed by atoms with E-state index in [1.165, 1.54) is 13.3 Å². The number of hydrogen-bond acceptors (Lipinski definition) is 6. The molecular formula is C22H29F3N2O5. The van der Waals surface area contributed by atoms with Crippen LogP contribution in [0.4, 0.5) is 13.2 Å². The predicted octanol–water partition coefficient (Wildman–Crippen LogP) is 4.01. The summed E-state index contributed by atoms with van der Waals surface area (Å²) in [4.78, 5) is 31.0. The Morgan fingerprint density at radius 2 is 1.91 bits per heavy atom. The molecular weight excluding hydrogens is 429 g/mol. The Hall–Kier alpha value is -2.52. The van der Waals surface area contributed by atoms with Gasteiger partial charge in [0.05, 0.1) is 31.9 Å².